The summed E-state index contributed by atoms with van der Waals surface area (Å²) in [6.45, 7) is 10.0. The van der Waals surface area contributed by atoms with Crippen molar-refractivity contribution in [1.82, 2.24) is 5.32 Å². The summed E-state index contributed by atoms with van der Waals surface area (Å²) in [5.74, 6) is -0.00476. The van der Waals surface area contributed by atoms with E-state index in [2.05, 4.69) is 72.6 Å². The van der Waals surface area contributed by atoms with E-state index in [1.54, 1.807) is 6.92 Å². The first-order chi connectivity index (χ1) is 11.5. The van der Waals surface area contributed by atoms with Crippen LogP contribution in [0.2, 0.25) is 0 Å². The number of amides is 1. The molecule has 1 N–H and O–H groups in total. The zero-order valence-corrected chi connectivity index (χ0v) is 15.2. The molecule has 1 unspecified atom stereocenters. The van der Waals surface area contributed by atoms with Crippen LogP contribution in [0.15, 0.2) is 48.5 Å². The van der Waals surface area contributed by atoms with Gasteiger partial charge in [0.05, 0.1) is 6.04 Å². The Kier molecular flexibility index (Phi) is 6.42. The van der Waals surface area contributed by atoms with Crippen LogP contribution in [0.5, 0.6) is 0 Å². The molecule has 0 aliphatic carbocycles. The van der Waals surface area contributed by atoms with E-state index in [1.807, 2.05) is 6.92 Å². The van der Waals surface area contributed by atoms with E-state index >= 15 is 0 Å². The molecule has 1 atom stereocenters. The number of carbonyl (C=O) groups excluding carboxylic acids is 1. The van der Waals surface area contributed by atoms with E-state index in [9.17, 15) is 4.79 Å². The summed E-state index contributed by atoms with van der Waals surface area (Å²) in [6, 6.07) is 17.2. The SMILES string of the molecule is CCCN(CC)c1cccc(-c2ccc(C(C)NC(C)=O)cc2)c1. The number of rotatable bonds is 7. The zero-order chi connectivity index (χ0) is 17.5. The van der Waals surface area contributed by atoms with E-state index < -0.39 is 0 Å². The van der Waals surface area contributed by atoms with Gasteiger partial charge >= 0.3 is 0 Å². The van der Waals surface area contributed by atoms with E-state index in [-0.39, 0.29) is 11.9 Å². The molecule has 3 nitrogen and oxygen atoms in total. The quantitative estimate of drug-likeness (QED) is 0.794. The Bertz CT molecular complexity index is 664. The van der Waals surface area contributed by atoms with Crippen LogP contribution in [0, 0.1) is 0 Å². The van der Waals surface area contributed by atoms with Gasteiger partial charge in [0.15, 0.2) is 0 Å². The second-order valence-corrected chi connectivity index (χ2v) is 6.17. The van der Waals surface area contributed by atoms with Crippen LogP contribution in [-0.2, 0) is 4.79 Å². The third kappa shape index (κ3) is 4.60. The predicted octanol–water partition coefficient (Wildman–Crippen LogP) is 4.79. The lowest BCUT2D eigenvalue weighted by Crippen LogP contribution is -2.23. The maximum absolute atomic E-state index is 11.2. The first-order valence-electron chi connectivity index (χ1n) is 8.77. The second-order valence-electron chi connectivity index (χ2n) is 6.17. The van der Waals surface area contributed by atoms with Gasteiger partial charge in [0.2, 0.25) is 5.91 Å². The van der Waals surface area contributed by atoms with Crippen LogP contribution < -0.4 is 10.2 Å². The molecule has 0 aliphatic rings. The van der Waals surface area contributed by atoms with E-state index in [1.165, 1.54) is 16.8 Å². The van der Waals surface area contributed by atoms with Crippen molar-refractivity contribution in [3.63, 3.8) is 0 Å². The third-order valence-corrected chi connectivity index (χ3v) is 4.25. The van der Waals surface area contributed by atoms with Gasteiger partial charge in [-0.05, 0) is 49.1 Å². The highest BCUT2D eigenvalue weighted by atomic mass is 16.1. The van der Waals surface area contributed by atoms with Gasteiger partial charge in [0.1, 0.15) is 0 Å². The molecule has 1 amide bonds. The Labute approximate surface area is 145 Å². The summed E-state index contributed by atoms with van der Waals surface area (Å²) in [6.07, 6.45) is 1.15. The molecule has 2 aromatic rings. The molecular weight excluding hydrogens is 296 g/mol. The molecule has 0 saturated carbocycles. The topological polar surface area (TPSA) is 32.3 Å². The second kappa shape index (κ2) is 8.53. The Morgan fingerprint density at radius 2 is 1.79 bits per heavy atom. The molecule has 0 radical (unpaired) electrons. The average molecular weight is 324 g/mol. The predicted molar refractivity (Wildman–Crippen MR) is 102 cm³/mol. The largest absolute Gasteiger partial charge is 0.372 e. The summed E-state index contributed by atoms with van der Waals surface area (Å²) >= 11 is 0. The van der Waals surface area contributed by atoms with Crippen molar-refractivity contribution in [2.45, 2.75) is 40.2 Å². The fraction of sp³-hybridized carbons (Fsp3) is 0.381. The molecular formula is C21H28N2O. The highest BCUT2D eigenvalue weighted by molar-refractivity contribution is 5.73. The summed E-state index contributed by atoms with van der Waals surface area (Å²) in [5.41, 5.74) is 4.81. The summed E-state index contributed by atoms with van der Waals surface area (Å²) in [4.78, 5) is 13.6. The van der Waals surface area contributed by atoms with Crippen molar-refractivity contribution in [3.8, 4) is 11.1 Å². The maximum atomic E-state index is 11.2. The Hall–Kier alpha value is -2.29. The van der Waals surface area contributed by atoms with Crippen LogP contribution in [0.4, 0.5) is 5.69 Å². The number of hydrogen-bond acceptors (Lipinski definition) is 2. The van der Waals surface area contributed by atoms with Crippen LogP contribution in [-0.4, -0.2) is 19.0 Å². The lowest BCUT2D eigenvalue weighted by Gasteiger charge is -2.23. The van der Waals surface area contributed by atoms with E-state index in [0.29, 0.717) is 0 Å². The minimum Gasteiger partial charge on any atom is -0.372 e. The Morgan fingerprint density at radius 3 is 2.38 bits per heavy atom. The highest BCUT2D eigenvalue weighted by Crippen LogP contribution is 2.26. The molecule has 0 aliphatic heterocycles. The van der Waals surface area contributed by atoms with Gasteiger partial charge < -0.3 is 10.2 Å². The highest BCUT2D eigenvalue weighted by Gasteiger charge is 2.08. The number of nitrogens with zero attached hydrogens (tertiary/aromatic N) is 1. The normalized spacial score (nSPS) is 11.8. The van der Waals surface area contributed by atoms with Crippen molar-refractivity contribution in [1.29, 1.82) is 0 Å². The summed E-state index contributed by atoms with van der Waals surface area (Å²) in [5, 5.41) is 2.92. The lowest BCUT2D eigenvalue weighted by atomic mass is 10.0. The number of hydrogen-bond donors (Lipinski definition) is 1. The minimum atomic E-state index is -0.00476. The van der Waals surface area contributed by atoms with Gasteiger partial charge in [-0.15, -0.1) is 0 Å². The van der Waals surface area contributed by atoms with Crippen LogP contribution in [0.25, 0.3) is 11.1 Å². The average Bonchev–Trinajstić information content (AvgIpc) is 2.59. The monoisotopic (exact) mass is 324 g/mol. The zero-order valence-electron chi connectivity index (χ0n) is 15.2. The molecule has 2 rings (SSSR count). The lowest BCUT2D eigenvalue weighted by molar-refractivity contribution is -0.119. The van der Waals surface area contributed by atoms with Crippen molar-refractivity contribution < 1.29 is 4.79 Å². The van der Waals surface area contributed by atoms with Crippen molar-refractivity contribution in [3.05, 3.63) is 54.1 Å². The molecule has 128 valence electrons. The standard InChI is InChI=1S/C21H28N2O/c1-5-14-23(6-2)21-9-7-8-20(15-21)19-12-10-18(11-13-19)16(3)22-17(4)24/h7-13,15-16H,5-6,14H2,1-4H3,(H,22,24). The molecule has 24 heavy (non-hydrogen) atoms. The minimum absolute atomic E-state index is 0.00476. The van der Waals surface area contributed by atoms with Crippen LogP contribution in [0.3, 0.4) is 0 Å². The van der Waals surface area contributed by atoms with Gasteiger partial charge in [-0.2, -0.15) is 0 Å². The third-order valence-electron chi connectivity index (χ3n) is 4.25. The maximum Gasteiger partial charge on any atom is 0.217 e. The Balaban J connectivity index is 2.21. The fourth-order valence-corrected chi connectivity index (χ4v) is 2.97. The molecule has 0 saturated heterocycles. The number of nitrogens with one attached hydrogen (secondary N) is 1. The number of benzene rings is 2. The van der Waals surface area contributed by atoms with Crippen molar-refractivity contribution >= 4 is 11.6 Å². The number of carbonyl (C=O) groups is 1. The number of anilines is 1. The van der Waals surface area contributed by atoms with Crippen molar-refractivity contribution in [2.75, 3.05) is 18.0 Å². The molecule has 0 heterocycles. The van der Waals surface area contributed by atoms with Gasteiger partial charge in [-0.25, -0.2) is 0 Å². The van der Waals surface area contributed by atoms with Gasteiger partial charge in [-0.1, -0.05) is 43.3 Å². The van der Waals surface area contributed by atoms with Crippen LogP contribution in [0.1, 0.15) is 45.7 Å². The summed E-state index contributed by atoms with van der Waals surface area (Å²) < 4.78 is 0. The van der Waals surface area contributed by atoms with Crippen molar-refractivity contribution in [2.24, 2.45) is 0 Å². The molecule has 0 fully saturated rings. The molecule has 0 spiro atoms. The fourth-order valence-electron chi connectivity index (χ4n) is 2.97. The van der Waals surface area contributed by atoms with E-state index in [0.717, 1.165) is 25.1 Å². The first-order valence-corrected chi connectivity index (χ1v) is 8.77. The summed E-state index contributed by atoms with van der Waals surface area (Å²) in [7, 11) is 0. The molecule has 2 aromatic carbocycles. The molecule has 0 aromatic heterocycles. The molecule has 0 bridgehead atoms. The van der Waals surface area contributed by atoms with Gasteiger partial charge in [0, 0.05) is 25.7 Å². The van der Waals surface area contributed by atoms with Gasteiger partial charge in [-0.3, -0.25) is 4.79 Å². The smallest absolute Gasteiger partial charge is 0.217 e. The van der Waals surface area contributed by atoms with Gasteiger partial charge in [0.25, 0.3) is 0 Å². The van der Waals surface area contributed by atoms with Crippen LogP contribution >= 0.6 is 0 Å². The first kappa shape index (κ1) is 18.1. The Morgan fingerprint density at radius 1 is 1.08 bits per heavy atom. The molecule has 3 heteroatoms. The van der Waals surface area contributed by atoms with E-state index in [4.69, 9.17) is 0 Å².